The number of rotatable bonds is 2. The molecule has 96 valence electrons. The number of nitrogens with zero attached hydrogens (tertiary/aromatic N) is 2. The highest BCUT2D eigenvalue weighted by molar-refractivity contribution is 5.86. The van der Waals surface area contributed by atoms with Crippen molar-refractivity contribution in [1.82, 2.24) is 9.80 Å². The Hall–Kier alpha value is -1.30. The van der Waals surface area contributed by atoms with Gasteiger partial charge in [0.25, 0.3) is 0 Å². The van der Waals surface area contributed by atoms with E-state index >= 15 is 0 Å². The summed E-state index contributed by atoms with van der Waals surface area (Å²) in [4.78, 5) is 26.1. The zero-order chi connectivity index (χ0) is 12.4. The predicted molar refractivity (Wildman–Crippen MR) is 59.6 cm³/mol. The fourth-order valence-electron chi connectivity index (χ4n) is 2.76. The molecule has 2 aliphatic rings. The maximum Gasteiger partial charge on any atom is 0.407 e. The summed E-state index contributed by atoms with van der Waals surface area (Å²) in [6, 6.07) is -0.668. The van der Waals surface area contributed by atoms with Crippen molar-refractivity contribution < 1.29 is 19.8 Å². The minimum Gasteiger partial charge on any atom is -0.465 e. The van der Waals surface area contributed by atoms with Gasteiger partial charge in [0, 0.05) is 13.1 Å². The number of carbonyl (C=O) groups excluding carboxylic acids is 1. The monoisotopic (exact) mass is 242 g/mol. The maximum atomic E-state index is 12.2. The lowest BCUT2D eigenvalue weighted by atomic mass is 10.1. The van der Waals surface area contributed by atoms with Crippen molar-refractivity contribution in [3.63, 3.8) is 0 Å². The third kappa shape index (κ3) is 2.22. The van der Waals surface area contributed by atoms with E-state index in [4.69, 9.17) is 5.11 Å². The van der Waals surface area contributed by atoms with Gasteiger partial charge >= 0.3 is 6.09 Å². The van der Waals surface area contributed by atoms with Crippen LogP contribution in [0.2, 0.25) is 0 Å². The Morgan fingerprint density at radius 2 is 1.76 bits per heavy atom. The van der Waals surface area contributed by atoms with Crippen molar-refractivity contribution in [3.8, 4) is 0 Å². The summed E-state index contributed by atoms with van der Waals surface area (Å²) in [5, 5.41) is 18.2. The van der Waals surface area contributed by atoms with Crippen molar-refractivity contribution in [2.45, 2.75) is 37.8 Å². The maximum absolute atomic E-state index is 12.2. The molecule has 0 radical (unpaired) electrons. The average molecular weight is 242 g/mol. The minimum absolute atomic E-state index is 0.0362. The quantitative estimate of drug-likeness (QED) is 0.720. The number of likely N-dealkylation sites (tertiary alicyclic amines) is 2. The first kappa shape index (κ1) is 12.2. The summed E-state index contributed by atoms with van der Waals surface area (Å²) < 4.78 is 0. The van der Waals surface area contributed by atoms with Crippen molar-refractivity contribution in [3.05, 3.63) is 0 Å². The molecule has 2 N–H and O–H groups in total. The molecule has 0 spiro atoms. The molecule has 0 aliphatic carbocycles. The molecule has 6 heteroatoms. The van der Waals surface area contributed by atoms with Crippen LogP contribution in [0.25, 0.3) is 0 Å². The van der Waals surface area contributed by atoms with Crippen LogP contribution in [0.4, 0.5) is 4.79 Å². The number of aliphatic hydroxyl groups excluding tert-OH is 1. The smallest absolute Gasteiger partial charge is 0.407 e. The van der Waals surface area contributed by atoms with Crippen molar-refractivity contribution in [1.29, 1.82) is 0 Å². The summed E-state index contributed by atoms with van der Waals surface area (Å²) in [6.45, 7) is 1.03. The van der Waals surface area contributed by atoms with Gasteiger partial charge in [0.1, 0.15) is 6.04 Å². The van der Waals surface area contributed by atoms with Gasteiger partial charge in [-0.05, 0) is 25.7 Å². The molecule has 2 amide bonds. The number of amides is 2. The SMILES string of the molecule is O=C(C1CCCN1C(=O)O)N1CCCC1CO. The van der Waals surface area contributed by atoms with E-state index in [1.165, 1.54) is 4.90 Å². The molecule has 17 heavy (non-hydrogen) atoms. The lowest BCUT2D eigenvalue weighted by Crippen LogP contribution is -2.49. The van der Waals surface area contributed by atoms with Gasteiger partial charge in [-0.3, -0.25) is 9.69 Å². The van der Waals surface area contributed by atoms with Gasteiger partial charge in [-0.15, -0.1) is 0 Å². The molecule has 2 saturated heterocycles. The molecular weight excluding hydrogens is 224 g/mol. The standard InChI is InChI=1S/C11H18N2O4/c14-7-8-3-1-5-12(8)10(15)9-4-2-6-13(9)11(16)17/h8-9,14H,1-7H2,(H,16,17). The molecule has 0 aromatic rings. The van der Waals surface area contributed by atoms with E-state index < -0.39 is 12.1 Å². The molecule has 2 aliphatic heterocycles. The van der Waals surface area contributed by atoms with Gasteiger partial charge in [0.15, 0.2) is 0 Å². The number of carboxylic acid groups (broad SMARTS) is 1. The number of aliphatic hydroxyl groups is 1. The van der Waals surface area contributed by atoms with Crippen LogP contribution < -0.4 is 0 Å². The van der Waals surface area contributed by atoms with Gasteiger partial charge in [-0.1, -0.05) is 0 Å². The van der Waals surface area contributed by atoms with E-state index in [1.807, 2.05) is 0 Å². The number of hydrogen-bond donors (Lipinski definition) is 2. The Morgan fingerprint density at radius 3 is 2.41 bits per heavy atom. The van der Waals surface area contributed by atoms with Crippen molar-refractivity contribution >= 4 is 12.0 Å². The molecule has 0 aromatic carbocycles. The van der Waals surface area contributed by atoms with E-state index in [9.17, 15) is 14.7 Å². The Morgan fingerprint density at radius 1 is 1.12 bits per heavy atom. The van der Waals surface area contributed by atoms with Crippen LogP contribution in [0.3, 0.4) is 0 Å². The van der Waals surface area contributed by atoms with E-state index in [1.54, 1.807) is 4.90 Å². The van der Waals surface area contributed by atoms with E-state index in [0.717, 1.165) is 19.3 Å². The minimum atomic E-state index is -1.03. The topological polar surface area (TPSA) is 81.1 Å². The van der Waals surface area contributed by atoms with Gasteiger partial charge in [-0.2, -0.15) is 0 Å². The van der Waals surface area contributed by atoms with Gasteiger partial charge in [0.05, 0.1) is 12.6 Å². The third-order valence-electron chi connectivity index (χ3n) is 3.65. The summed E-state index contributed by atoms with van der Waals surface area (Å²) in [7, 11) is 0. The molecule has 6 nitrogen and oxygen atoms in total. The van der Waals surface area contributed by atoms with Crippen LogP contribution in [0, 0.1) is 0 Å². The Balaban J connectivity index is 2.06. The first-order valence-corrected chi connectivity index (χ1v) is 6.06. The van der Waals surface area contributed by atoms with E-state index in [2.05, 4.69) is 0 Å². The molecule has 2 unspecified atom stereocenters. The first-order chi connectivity index (χ1) is 8.15. The van der Waals surface area contributed by atoms with Crippen LogP contribution in [0.1, 0.15) is 25.7 Å². The van der Waals surface area contributed by atoms with Crippen molar-refractivity contribution in [2.75, 3.05) is 19.7 Å². The highest BCUT2D eigenvalue weighted by Crippen LogP contribution is 2.24. The summed E-state index contributed by atoms with van der Waals surface area (Å²) in [5.74, 6) is -0.138. The highest BCUT2D eigenvalue weighted by Gasteiger charge is 2.39. The van der Waals surface area contributed by atoms with Crippen LogP contribution >= 0.6 is 0 Å². The Labute approximate surface area is 99.8 Å². The fourth-order valence-corrected chi connectivity index (χ4v) is 2.76. The molecular formula is C11H18N2O4. The van der Waals surface area contributed by atoms with Crippen LogP contribution in [-0.2, 0) is 4.79 Å². The normalized spacial score (nSPS) is 28.8. The molecule has 2 heterocycles. The lowest BCUT2D eigenvalue weighted by Gasteiger charge is -2.29. The summed E-state index contributed by atoms with van der Waals surface area (Å²) >= 11 is 0. The highest BCUT2D eigenvalue weighted by atomic mass is 16.4. The van der Waals surface area contributed by atoms with E-state index in [0.29, 0.717) is 19.5 Å². The second-order valence-electron chi connectivity index (χ2n) is 4.64. The number of carbonyl (C=O) groups is 2. The summed E-state index contributed by atoms with van der Waals surface area (Å²) in [6.07, 6.45) is 2.00. The summed E-state index contributed by atoms with van der Waals surface area (Å²) in [5.41, 5.74) is 0. The number of hydrogen-bond acceptors (Lipinski definition) is 3. The Bertz CT molecular complexity index is 321. The molecule has 0 aromatic heterocycles. The second-order valence-corrected chi connectivity index (χ2v) is 4.64. The second kappa shape index (κ2) is 4.91. The lowest BCUT2D eigenvalue weighted by molar-refractivity contribution is -0.137. The molecule has 2 fully saturated rings. The molecule has 0 bridgehead atoms. The molecule has 0 saturated carbocycles. The zero-order valence-electron chi connectivity index (χ0n) is 9.71. The van der Waals surface area contributed by atoms with Crippen LogP contribution in [0.15, 0.2) is 0 Å². The van der Waals surface area contributed by atoms with Gasteiger partial charge < -0.3 is 15.1 Å². The Kier molecular flexibility index (Phi) is 3.51. The molecule has 2 rings (SSSR count). The zero-order valence-corrected chi connectivity index (χ0v) is 9.71. The average Bonchev–Trinajstić information content (AvgIpc) is 2.96. The predicted octanol–water partition coefficient (Wildman–Crippen LogP) is 0.112. The fraction of sp³-hybridized carbons (Fsp3) is 0.818. The van der Waals surface area contributed by atoms with Crippen molar-refractivity contribution in [2.24, 2.45) is 0 Å². The largest absolute Gasteiger partial charge is 0.465 e. The molecule has 2 atom stereocenters. The van der Waals surface area contributed by atoms with Crippen LogP contribution in [-0.4, -0.2) is 63.8 Å². The van der Waals surface area contributed by atoms with Crippen LogP contribution in [0.5, 0.6) is 0 Å². The van der Waals surface area contributed by atoms with Gasteiger partial charge in [0.2, 0.25) is 5.91 Å². The van der Waals surface area contributed by atoms with E-state index in [-0.39, 0.29) is 18.6 Å². The third-order valence-corrected chi connectivity index (χ3v) is 3.65. The van der Waals surface area contributed by atoms with Gasteiger partial charge in [-0.25, -0.2) is 4.79 Å². The first-order valence-electron chi connectivity index (χ1n) is 6.06.